The summed E-state index contributed by atoms with van der Waals surface area (Å²) in [6.45, 7) is 13.1. The molecule has 3 heteroatoms. The summed E-state index contributed by atoms with van der Waals surface area (Å²) in [6, 6.07) is 4.50. The van der Waals surface area contributed by atoms with Crippen molar-refractivity contribution in [3.63, 3.8) is 0 Å². The Bertz CT molecular complexity index is 282. The minimum Gasteiger partial charge on any atom is -0.468 e. The molecule has 0 amide bonds. The van der Waals surface area contributed by atoms with Gasteiger partial charge in [0.15, 0.2) is 0 Å². The fourth-order valence-electron chi connectivity index (χ4n) is 2.04. The molecule has 1 aromatic rings. The largest absolute Gasteiger partial charge is 0.468 e. The molecule has 1 rings (SSSR count). The maximum Gasteiger partial charge on any atom is 0.117 e. The minimum absolute atomic E-state index is 0.567. The van der Waals surface area contributed by atoms with Gasteiger partial charge < -0.3 is 9.73 Å². The van der Waals surface area contributed by atoms with Crippen LogP contribution in [0.15, 0.2) is 22.8 Å². The van der Waals surface area contributed by atoms with E-state index < -0.39 is 0 Å². The van der Waals surface area contributed by atoms with Crippen molar-refractivity contribution in [1.29, 1.82) is 0 Å². The van der Waals surface area contributed by atoms with Gasteiger partial charge >= 0.3 is 0 Å². The quantitative estimate of drug-likeness (QED) is 0.755. The van der Waals surface area contributed by atoms with Crippen molar-refractivity contribution in [3.8, 4) is 0 Å². The van der Waals surface area contributed by atoms with Gasteiger partial charge in [-0.05, 0) is 31.5 Å². The smallest absolute Gasteiger partial charge is 0.117 e. The van der Waals surface area contributed by atoms with E-state index in [1.807, 2.05) is 12.1 Å². The average Bonchev–Trinajstić information content (AvgIpc) is 2.78. The van der Waals surface area contributed by atoms with Gasteiger partial charge in [0.05, 0.1) is 12.8 Å². The maximum atomic E-state index is 5.29. The summed E-state index contributed by atoms with van der Waals surface area (Å²) in [4.78, 5) is 2.51. The van der Waals surface area contributed by atoms with Crippen molar-refractivity contribution in [2.45, 2.75) is 40.3 Å². The molecule has 3 nitrogen and oxygen atoms in total. The molecule has 0 aliphatic rings. The van der Waals surface area contributed by atoms with Gasteiger partial charge in [0.1, 0.15) is 5.76 Å². The molecule has 0 radical (unpaired) electrons. The van der Waals surface area contributed by atoms with Gasteiger partial charge in [-0.25, -0.2) is 0 Å². The van der Waals surface area contributed by atoms with Gasteiger partial charge in [-0.3, -0.25) is 4.90 Å². The number of nitrogens with zero attached hydrogens (tertiary/aromatic N) is 1. The highest BCUT2D eigenvalue weighted by atomic mass is 16.3. The third-order valence-electron chi connectivity index (χ3n) is 2.95. The minimum atomic E-state index is 0.567. The third-order valence-corrected chi connectivity index (χ3v) is 2.95. The molecule has 0 aromatic carbocycles. The van der Waals surface area contributed by atoms with Gasteiger partial charge in [0.25, 0.3) is 0 Å². The lowest BCUT2D eigenvalue weighted by Crippen LogP contribution is -2.41. The molecule has 0 saturated carbocycles. The van der Waals surface area contributed by atoms with Crippen molar-refractivity contribution in [1.82, 2.24) is 10.2 Å². The number of hydrogen-bond acceptors (Lipinski definition) is 3. The van der Waals surface area contributed by atoms with Crippen molar-refractivity contribution in [2.75, 3.05) is 19.6 Å². The van der Waals surface area contributed by atoms with E-state index in [1.54, 1.807) is 6.26 Å². The Kier molecular flexibility index (Phi) is 6.30. The van der Waals surface area contributed by atoms with Crippen LogP contribution in [0.3, 0.4) is 0 Å². The van der Waals surface area contributed by atoms with Crippen molar-refractivity contribution < 1.29 is 4.42 Å². The Morgan fingerprint density at radius 2 is 2.12 bits per heavy atom. The van der Waals surface area contributed by atoms with E-state index in [1.165, 1.54) is 6.54 Å². The first-order valence-electron chi connectivity index (χ1n) is 6.60. The third kappa shape index (κ3) is 5.37. The summed E-state index contributed by atoms with van der Waals surface area (Å²) < 4.78 is 5.29. The van der Waals surface area contributed by atoms with E-state index in [2.05, 4.69) is 37.9 Å². The van der Waals surface area contributed by atoms with Gasteiger partial charge in [0.2, 0.25) is 0 Å². The average molecular weight is 238 g/mol. The summed E-state index contributed by atoms with van der Waals surface area (Å²) in [6.07, 6.45) is 1.72. The summed E-state index contributed by atoms with van der Waals surface area (Å²) >= 11 is 0. The zero-order valence-electron chi connectivity index (χ0n) is 11.6. The predicted molar refractivity (Wildman–Crippen MR) is 72.0 cm³/mol. The molecular formula is C14H26N2O. The first-order valence-corrected chi connectivity index (χ1v) is 6.60. The van der Waals surface area contributed by atoms with Crippen molar-refractivity contribution in [3.05, 3.63) is 24.2 Å². The molecule has 0 bridgehead atoms. The van der Waals surface area contributed by atoms with Gasteiger partial charge in [0, 0.05) is 19.1 Å². The topological polar surface area (TPSA) is 28.4 Å². The van der Waals surface area contributed by atoms with Gasteiger partial charge in [-0.15, -0.1) is 0 Å². The molecule has 1 unspecified atom stereocenters. The van der Waals surface area contributed by atoms with Gasteiger partial charge in [-0.1, -0.05) is 20.8 Å². The fraction of sp³-hybridized carbons (Fsp3) is 0.714. The normalized spacial score (nSPS) is 13.5. The molecule has 0 fully saturated rings. The van der Waals surface area contributed by atoms with E-state index >= 15 is 0 Å². The van der Waals surface area contributed by atoms with E-state index in [9.17, 15) is 0 Å². The van der Waals surface area contributed by atoms with Crippen molar-refractivity contribution >= 4 is 0 Å². The Morgan fingerprint density at radius 1 is 1.35 bits per heavy atom. The van der Waals surface area contributed by atoms with Crippen molar-refractivity contribution in [2.24, 2.45) is 5.92 Å². The number of hydrogen-bond donors (Lipinski definition) is 1. The summed E-state index contributed by atoms with van der Waals surface area (Å²) in [5.41, 5.74) is 0. The Hall–Kier alpha value is -0.800. The number of nitrogens with one attached hydrogen (secondary N) is 1. The zero-order chi connectivity index (χ0) is 12.7. The highest BCUT2D eigenvalue weighted by Gasteiger charge is 2.12. The van der Waals surface area contributed by atoms with Crippen LogP contribution in [0, 0.1) is 5.92 Å². The second-order valence-electron chi connectivity index (χ2n) is 5.04. The lowest BCUT2D eigenvalue weighted by atomic mass is 10.1. The van der Waals surface area contributed by atoms with Crippen LogP contribution in [0.2, 0.25) is 0 Å². The lowest BCUT2D eigenvalue weighted by molar-refractivity contribution is 0.191. The second kappa shape index (κ2) is 7.51. The molecule has 0 saturated heterocycles. The van der Waals surface area contributed by atoms with Crippen LogP contribution in [0.1, 0.15) is 33.5 Å². The number of furan rings is 1. The first-order chi connectivity index (χ1) is 8.13. The molecule has 17 heavy (non-hydrogen) atoms. The second-order valence-corrected chi connectivity index (χ2v) is 5.04. The SMILES string of the molecule is CCN(CC(C)C)C(C)CNCc1ccco1. The highest BCUT2D eigenvalue weighted by Crippen LogP contribution is 2.04. The molecular weight excluding hydrogens is 212 g/mol. The monoisotopic (exact) mass is 238 g/mol. The van der Waals surface area contributed by atoms with Crippen LogP contribution >= 0.6 is 0 Å². The zero-order valence-corrected chi connectivity index (χ0v) is 11.6. The summed E-state index contributed by atoms with van der Waals surface area (Å²) in [5.74, 6) is 1.73. The molecule has 0 spiro atoms. The lowest BCUT2D eigenvalue weighted by Gasteiger charge is -2.29. The highest BCUT2D eigenvalue weighted by molar-refractivity contribution is 4.97. The summed E-state index contributed by atoms with van der Waals surface area (Å²) in [5, 5.41) is 3.44. The van der Waals surface area contributed by atoms with Gasteiger partial charge in [-0.2, -0.15) is 0 Å². The standard InChI is InChI=1S/C14H26N2O/c1-5-16(11-12(2)3)13(4)9-15-10-14-7-6-8-17-14/h6-8,12-13,15H,5,9-11H2,1-4H3. The molecule has 98 valence electrons. The van der Waals surface area contributed by atoms with Crippen LogP contribution in [0.25, 0.3) is 0 Å². The molecule has 1 atom stereocenters. The van der Waals surface area contributed by atoms with Crippen LogP contribution in [-0.4, -0.2) is 30.6 Å². The molecule has 1 heterocycles. The summed E-state index contributed by atoms with van der Waals surface area (Å²) in [7, 11) is 0. The van der Waals surface area contributed by atoms with E-state index in [-0.39, 0.29) is 0 Å². The number of rotatable bonds is 8. The van der Waals surface area contributed by atoms with Crippen LogP contribution in [-0.2, 0) is 6.54 Å². The Labute approximate surface area is 105 Å². The Morgan fingerprint density at radius 3 is 2.65 bits per heavy atom. The molecule has 0 aliphatic heterocycles. The van der Waals surface area contributed by atoms with Crippen LogP contribution < -0.4 is 5.32 Å². The molecule has 1 N–H and O–H groups in total. The fourth-order valence-corrected chi connectivity index (χ4v) is 2.04. The maximum absolute atomic E-state index is 5.29. The number of likely N-dealkylation sites (N-methyl/N-ethyl adjacent to an activating group) is 1. The van der Waals surface area contributed by atoms with E-state index in [4.69, 9.17) is 4.42 Å². The Balaban J connectivity index is 2.24. The van der Waals surface area contributed by atoms with Crippen LogP contribution in [0.5, 0.6) is 0 Å². The molecule has 1 aromatic heterocycles. The molecule has 0 aliphatic carbocycles. The first kappa shape index (κ1) is 14.3. The van der Waals surface area contributed by atoms with E-state index in [0.717, 1.165) is 31.3 Å². The van der Waals surface area contributed by atoms with E-state index in [0.29, 0.717) is 6.04 Å². The predicted octanol–water partition coefficient (Wildman–Crippen LogP) is 2.74. The van der Waals surface area contributed by atoms with Crippen LogP contribution in [0.4, 0.5) is 0 Å².